The first kappa shape index (κ1) is 21.6. The van der Waals surface area contributed by atoms with Crippen LogP contribution in [0.5, 0.6) is 5.75 Å². The van der Waals surface area contributed by atoms with Crippen LogP contribution in [0.4, 0.5) is 0 Å². The molecule has 32 heavy (non-hydrogen) atoms. The van der Waals surface area contributed by atoms with Crippen molar-refractivity contribution in [3.63, 3.8) is 0 Å². The molecule has 0 radical (unpaired) electrons. The molecule has 4 aromatic rings. The number of amides is 1. The van der Waals surface area contributed by atoms with Crippen LogP contribution >= 0.6 is 11.8 Å². The van der Waals surface area contributed by atoms with Gasteiger partial charge in [-0.1, -0.05) is 71.9 Å². The second-order valence-electron chi connectivity index (χ2n) is 7.26. The Kier molecular flexibility index (Phi) is 6.87. The van der Waals surface area contributed by atoms with Crippen molar-refractivity contribution in [3.8, 4) is 22.8 Å². The van der Waals surface area contributed by atoms with Crippen LogP contribution in [0.2, 0.25) is 0 Å². The van der Waals surface area contributed by atoms with Gasteiger partial charge >= 0.3 is 0 Å². The molecule has 0 saturated heterocycles. The summed E-state index contributed by atoms with van der Waals surface area (Å²) in [7, 11) is 1.64. The van der Waals surface area contributed by atoms with Crippen molar-refractivity contribution in [2.45, 2.75) is 18.6 Å². The summed E-state index contributed by atoms with van der Waals surface area (Å²) in [6.07, 6.45) is 0. The molecule has 0 aliphatic heterocycles. The number of hydrogen-bond donors (Lipinski definition) is 1. The lowest BCUT2D eigenvalue weighted by Crippen LogP contribution is -2.24. The van der Waals surface area contributed by atoms with Crippen molar-refractivity contribution < 1.29 is 9.53 Å². The summed E-state index contributed by atoms with van der Waals surface area (Å²) in [5, 5.41) is 12.4. The van der Waals surface area contributed by atoms with E-state index in [1.54, 1.807) is 7.11 Å². The smallest absolute Gasteiger partial charge is 0.230 e. The Morgan fingerprint density at radius 1 is 1.00 bits per heavy atom. The standard InChI is InChI=1S/C25H24N4O2S/c1-18-11-13-21(14-12-18)29-24(20-9-6-10-22(15-20)31-2)27-28-25(29)32-17-23(30)26-16-19-7-4-3-5-8-19/h3-15H,16-17H2,1-2H3,(H,26,30). The van der Waals surface area contributed by atoms with Gasteiger partial charge < -0.3 is 10.1 Å². The molecule has 162 valence electrons. The monoisotopic (exact) mass is 444 g/mol. The minimum atomic E-state index is -0.0553. The van der Waals surface area contributed by atoms with Gasteiger partial charge in [0.1, 0.15) is 5.75 Å². The summed E-state index contributed by atoms with van der Waals surface area (Å²) >= 11 is 1.36. The van der Waals surface area contributed by atoms with E-state index >= 15 is 0 Å². The third kappa shape index (κ3) is 5.18. The van der Waals surface area contributed by atoms with Gasteiger partial charge in [0.05, 0.1) is 12.9 Å². The van der Waals surface area contributed by atoms with Gasteiger partial charge in [0.2, 0.25) is 5.91 Å². The fourth-order valence-corrected chi connectivity index (χ4v) is 4.00. The molecule has 1 heterocycles. The van der Waals surface area contributed by atoms with Gasteiger partial charge in [-0.05, 0) is 36.8 Å². The summed E-state index contributed by atoms with van der Waals surface area (Å²) in [6, 6.07) is 25.7. The van der Waals surface area contributed by atoms with Crippen molar-refractivity contribution in [3.05, 3.63) is 90.0 Å². The van der Waals surface area contributed by atoms with E-state index < -0.39 is 0 Å². The van der Waals surface area contributed by atoms with Gasteiger partial charge in [-0.2, -0.15) is 0 Å². The zero-order valence-corrected chi connectivity index (χ0v) is 18.8. The largest absolute Gasteiger partial charge is 0.497 e. The Morgan fingerprint density at radius 2 is 1.78 bits per heavy atom. The van der Waals surface area contributed by atoms with Crippen LogP contribution in [0.1, 0.15) is 11.1 Å². The highest BCUT2D eigenvalue weighted by Gasteiger charge is 2.17. The number of thioether (sulfide) groups is 1. The fraction of sp³-hybridized carbons (Fsp3) is 0.160. The van der Waals surface area contributed by atoms with Gasteiger partial charge in [-0.15, -0.1) is 10.2 Å². The Balaban J connectivity index is 1.57. The van der Waals surface area contributed by atoms with E-state index in [1.165, 1.54) is 17.3 Å². The maximum atomic E-state index is 12.4. The Hall–Kier alpha value is -3.58. The first-order valence-electron chi connectivity index (χ1n) is 10.2. The van der Waals surface area contributed by atoms with E-state index in [4.69, 9.17) is 4.74 Å². The summed E-state index contributed by atoms with van der Waals surface area (Å²) in [5.74, 6) is 1.63. The number of aromatic nitrogens is 3. The molecule has 1 amide bonds. The number of methoxy groups -OCH3 is 1. The van der Waals surface area contributed by atoms with Gasteiger partial charge in [0.25, 0.3) is 0 Å². The number of carbonyl (C=O) groups is 1. The van der Waals surface area contributed by atoms with Crippen LogP contribution in [0.15, 0.2) is 84.0 Å². The number of carbonyl (C=O) groups excluding carboxylic acids is 1. The number of nitrogens with zero attached hydrogens (tertiary/aromatic N) is 3. The molecular weight excluding hydrogens is 420 g/mol. The number of hydrogen-bond acceptors (Lipinski definition) is 5. The molecule has 0 spiro atoms. The number of nitrogens with one attached hydrogen (secondary N) is 1. The van der Waals surface area contributed by atoms with E-state index in [0.717, 1.165) is 22.6 Å². The number of aryl methyl sites for hydroxylation is 1. The maximum absolute atomic E-state index is 12.4. The molecule has 4 rings (SSSR count). The second-order valence-corrected chi connectivity index (χ2v) is 8.20. The Bertz CT molecular complexity index is 1190. The maximum Gasteiger partial charge on any atom is 0.230 e. The number of rotatable bonds is 8. The molecule has 0 atom stereocenters. The average molecular weight is 445 g/mol. The van der Waals surface area contributed by atoms with E-state index in [1.807, 2.05) is 90.4 Å². The van der Waals surface area contributed by atoms with Crippen LogP contribution < -0.4 is 10.1 Å². The topological polar surface area (TPSA) is 69.0 Å². The summed E-state index contributed by atoms with van der Waals surface area (Å²) in [5.41, 5.74) is 4.05. The lowest BCUT2D eigenvalue weighted by molar-refractivity contribution is -0.118. The van der Waals surface area contributed by atoms with Crippen molar-refractivity contribution in [2.24, 2.45) is 0 Å². The summed E-state index contributed by atoms with van der Waals surface area (Å²) in [4.78, 5) is 12.4. The van der Waals surface area contributed by atoms with E-state index in [0.29, 0.717) is 17.5 Å². The number of benzene rings is 3. The molecular formula is C25H24N4O2S. The highest BCUT2D eigenvalue weighted by molar-refractivity contribution is 7.99. The van der Waals surface area contributed by atoms with Gasteiger partial charge in [-0.3, -0.25) is 9.36 Å². The van der Waals surface area contributed by atoms with Gasteiger partial charge in [0, 0.05) is 17.8 Å². The van der Waals surface area contributed by atoms with Crippen LogP contribution in [0.3, 0.4) is 0 Å². The molecule has 7 heteroatoms. The van der Waals surface area contributed by atoms with Crippen LogP contribution in [0, 0.1) is 6.92 Å². The highest BCUT2D eigenvalue weighted by Crippen LogP contribution is 2.29. The van der Waals surface area contributed by atoms with Crippen molar-refractivity contribution >= 4 is 17.7 Å². The second kappa shape index (κ2) is 10.2. The Labute approximate surface area is 191 Å². The predicted molar refractivity (Wildman–Crippen MR) is 127 cm³/mol. The third-order valence-corrected chi connectivity index (χ3v) is 5.85. The average Bonchev–Trinajstić information content (AvgIpc) is 3.26. The molecule has 1 N–H and O–H groups in total. The SMILES string of the molecule is COc1cccc(-c2nnc(SCC(=O)NCc3ccccc3)n2-c2ccc(C)cc2)c1. The molecule has 0 aliphatic rings. The molecule has 0 bridgehead atoms. The molecule has 6 nitrogen and oxygen atoms in total. The summed E-state index contributed by atoms with van der Waals surface area (Å²) in [6.45, 7) is 2.55. The normalized spacial score (nSPS) is 10.7. The lowest BCUT2D eigenvalue weighted by atomic mass is 10.2. The Morgan fingerprint density at radius 3 is 2.53 bits per heavy atom. The van der Waals surface area contributed by atoms with Crippen molar-refractivity contribution in [2.75, 3.05) is 12.9 Å². The highest BCUT2D eigenvalue weighted by atomic mass is 32.2. The molecule has 0 saturated carbocycles. The van der Waals surface area contributed by atoms with Crippen LogP contribution in [0.25, 0.3) is 17.1 Å². The minimum absolute atomic E-state index is 0.0553. The van der Waals surface area contributed by atoms with E-state index in [2.05, 4.69) is 15.5 Å². The van der Waals surface area contributed by atoms with E-state index in [-0.39, 0.29) is 11.7 Å². The van der Waals surface area contributed by atoms with Crippen LogP contribution in [-0.4, -0.2) is 33.5 Å². The molecule has 1 aromatic heterocycles. The number of ether oxygens (including phenoxy) is 1. The van der Waals surface area contributed by atoms with Gasteiger partial charge in [0.15, 0.2) is 11.0 Å². The molecule has 0 unspecified atom stereocenters. The predicted octanol–water partition coefficient (Wildman–Crippen LogP) is 4.66. The zero-order chi connectivity index (χ0) is 22.3. The molecule has 0 fully saturated rings. The van der Waals surface area contributed by atoms with Crippen molar-refractivity contribution in [1.29, 1.82) is 0 Å². The first-order chi connectivity index (χ1) is 15.6. The zero-order valence-electron chi connectivity index (χ0n) is 18.0. The summed E-state index contributed by atoms with van der Waals surface area (Å²) < 4.78 is 7.35. The first-order valence-corrected chi connectivity index (χ1v) is 11.2. The molecule has 3 aromatic carbocycles. The molecule has 0 aliphatic carbocycles. The van der Waals surface area contributed by atoms with Crippen LogP contribution in [-0.2, 0) is 11.3 Å². The van der Waals surface area contributed by atoms with Crippen molar-refractivity contribution in [1.82, 2.24) is 20.1 Å². The van der Waals surface area contributed by atoms with Gasteiger partial charge in [-0.25, -0.2) is 0 Å². The minimum Gasteiger partial charge on any atom is -0.497 e. The van der Waals surface area contributed by atoms with E-state index in [9.17, 15) is 4.79 Å². The quantitative estimate of drug-likeness (QED) is 0.400. The third-order valence-electron chi connectivity index (χ3n) is 4.92. The fourth-order valence-electron chi connectivity index (χ4n) is 3.22. The lowest BCUT2D eigenvalue weighted by Gasteiger charge is -2.11.